The molecule has 2 N–H and O–H groups in total. The molecule has 0 heterocycles. The van der Waals surface area contributed by atoms with Crippen LogP contribution in [0.4, 0.5) is 0 Å². The molecule has 108 valence electrons. The van der Waals surface area contributed by atoms with Gasteiger partial charge in [0.05, 0.1) is 0 Å². The first-order chi connectivity index (χ1) is 9.83. The molecule has 1 aliphatic rings. The Balaban J connectivity index is 1.95. The number of hydrogen-bond donors (Lipinski definition) is 2. The highest BCUT2D eigenvalue weighted by molar-refractivity contribution is 5.36. The summed E-state index contributed by atoms with van der Waals surface area (Å²) in [5.74, 6) is 5.56. The van der Waals surface area contributed by atoms with Crippen LogP contribution >= 0.6 is 0 Å². The van der Waals surface area contributed by atoms with Gasteiger partial charge in [0.15, 0.2) is 0 Å². The van der Waals surface area contributed by atoms with Gasteiger partial charge in [-0.25, -0.2) is 0 Å². The van der Waals surface area contributed by atoms with E-state index in [-0.39, 0.29) is 13.2 Å². The summed E-state index contributed by atoms with van der Waals surface area (Å²) >= 11 is 0. The second kappa shape index (κ2) is 8.06. The summed E-state index contributed by atoms with van der Waals surface area (Å²) in [6.07, 6.45) is 4.74. The van der Waals surface area contributed by atoms with Crippen LogP contribution in [0.5, 0.6) is 0 Å². The summed E-state index contributed by atoms with van der Waals surface area (Å²) in [6.45, 7) is 2.07. The van der Waals surface area contributed by atoms with Gasteiger partial charge in [0.2, 0.25) is 0 Å². The van der Waals surface area contributed by atoms with Gasteiger partial charge in [0, 0.05) is 31.3 Å². The van der Waals surface area contributed by atoms with Gasteiger partial charge in [-0.2, -0.15) is 0 Å². The van der Waals surface area contributed by atoms with Crippen molar-refractivity contribution >= 4 is 0 Å². The maximum Gasteiger partial charge on any atom is 0.104 e. The van der Waals surface area contributed by atoms with Crippen molar-refractivity contribution in [2.45, 2.75) is 38.3 Å². The van der Waals surface area contributed by atoms with Gasteiger partial charge in [-0.05, 0) is 37.0 Å². The molecule has 0 bridgehead atoms. The molecule has 3 heteroatoms. The first-order valence-corrected chi connectivity index (χ1v) is 7.37. The van der Waals surface area contributed by atoms with E-state index in [1.54, 1.807) is 0 Å². The Bertz CT molecular complexity index is 454. The van der Waals surface area contributed by atoms with Crippen molar-refractivity contribution in [1.82, 2.24) is 4.90 Å². The van der Waals surface area contributed by atoms with E-state index in [0.717, 1.165) is 25.1 Å². The van der Waals surface area contributed by atoms with E-state index in [4.69, 9.17) is 10.2 Å². The van der Waals surface area contributed by atoms with Gasteiger partial charge >= 0.3 is 0 Å². The summed E-state index contributed by atoms with van der Waals surface area (Å²) in [7, 11) is 0. The normalized spacial score (nSPS) is 14.8. The third-order valence-corrected chi connectivity index (χ3v) is 3.85. The third kappa shape index (κ3) is 4.35. The molecular formula is C17H23NO2. The van der Waals surface area contributed by atoms with Crippen LogP contribution in [0.25, 0.3) is 0 Å². The molecule has 0 radical (unpaired) electrons. The number of nitrogens with zero attached hydrogens (tertiary/aromatic N) is 1. The summed E-state index contributed by atoms with van der Waals surface area (Å²) in [5.41, 5.74) is 2.22. The van der Waals surface area contributed by atoms with E-state index in [9.17, 15) is 0 Å². The minimum Gasteiger partial charge on any atom is -0.396 e. The van der Waals surface area contributed by atoms with Crippen molar-refractivity contribution in [3.63, 3.8) is 0 Å². The molecule has 2 rings (SSSR count). The van der Waals surface area contributed by atoms with Crippen LogP contribution in [0.15, 0.2) is 24.3 Å². The molecule has 0 amide bonds. The Morgan fingerprint density at radius 2 is 1.90 bits per heavy atom. The van der Waals surface area contributed by atoms with E-state index in [0.29, 0.717) is 6.04 Å². The number of benzene rings is 1. The summed E-state index contributed by atoms with van der Waals surface area (Å²) in [5, 5.41) is 17.7. The fourth-order valence-electron chi connectivity index (χ4n) is 2.49. The van der Waals surface area contributed by atoms with Gasteiger partial charge in [-0.1, -0.05) is 30.4 Å². The predicted octanol–water partition coefficient (Wildman–Crippen LogP) is 1.77. The molecule has 1 fully saturated rings. The van der Waals surface area contributed by atoms with E-state index in [1.165, 1.54) is 24.8 Å². The average Bonchev–Trinajstić information content (AvgIpc) is 2.42. The van der Waals surface area contributed by atoms with Gasteiger partial charge in [-0.15, -0.1) is 0 Å². The first kappa shape index (κ1) is 15.1. The number of rotatable bonds is 6. The molecule has 0 spiro atoms. The lowest BCUT2D eigenvalue weighted by Gasteiger charge is -2.37. The molecule has 3 nitrogen and oxygen atoms in total. The molecule has 0 saturated heterocycles. The Morgan fingerprint density at radius 1 is 1.15 bits per heavy atom. The average molecular weight is 273 g/mol. The van der Waals surface area contributed by atoms with Gasteiger partial charge < -0.3 is 10.2 Å². The molecule has 1 aromatic rings. The van der Waals surface area contributed by atoms with E-state index in [2.05, 4.69) is 28.9 Å². The maximum absolute atomic E-state index is 9.01. The fourth-order valence-corrected chi connectivity index (χ4v) is 2.49. The van der Waals surface area contributed by atoms with E-state index >= 15 is 0 Å². The molecule has 1 aliphatic carbocycles. The van der Waals surface area contributed by atoms with Gasteiger partial charge in [0.25, 0.3) is 0 Å². The van der Waals surface area contributed by atoms with Crippen molar-refractivity contribution in [1.29, 1.82) is 0 Å². The Hall–Kier alpha value is -1.34. The lowest BCUT2D eigenvalue weighted by molar-refractivity contribution is 0.109. The predicted molar refractivity (Wildman–Crippen MR) is 80.2 cm³/mol. The largest absolute Gasteiger partial charge is 0.396 e. The summed E-state index contributed by atoms with van der Waals surface area (Å²) in [6, 6.07) is 8.90. The van der Waals surface area contributed by atoms with Crippen molar-refractivity contribution in [2.75, 3.05) is 19.8 Å². The lowest BCUT2D eigenvalue weighted by atomic mass is 9.91. The number of aliphatic hydroxyl groups is 2. The zero-order valence-electron chi connectivity index (χ0n) is 11.9. The van der Waals surface area contributed by atoms with Gasteiger partial charge in [0.1, 0.15) is 6.61 Å². The number of hydrogen-bond acceptors (Lipinski definition) is 3. The molecule has 20 heavy (non-hydrogen) atoms. The SMILES string of the molecule is OCC#Cc1ccc(CN(CCCO)C2CCC2)cc1. The van der Waals surface area contributed by atoms with Crippen LogP contribution in [0.3, 0.4) is 0 Å². The van der Waals surface area contributed by atoms with Crippen LogP contribution in [0.2, 0.25) is 0 Å². The van der Waals surface area contributed by atoms with Crippen LogP contribution in [0, 0.1) is 11.8 Å². The summed E-state index contributed by atoms with van der Waals surface area (Å²) < 4.78 is 0. The monoisotopic (exact) mass is 273 g/mol. The summed E-state index contributed by atoms with van der Waals surface area (Å²) in [4.78, 5) is 2.48. The first-order valence-electron chi connectivity index (χ1n) is 7.37. The molecule has 0 aliphatic heterocycles. The van der Waals surface area contributed by atoms with Crippen molar-refractivity contribution < 1.29 is 10.2 Å². The van der Waals surface area contributed by atoms with Crippen LogP contribution < -0.4 is 0 Å². The topological polar surface area (TPSA) is 43.7 Å². The zero-order chi connectivity index (χ0) is 14.2. The Morgan fingerprint density at radius 3 is 2.45 bits per heavy atom. The van der Waals surface area contributed by atoms with Crippen molar-refractivity contribution in [2.24, 2.45) is 0 Å². The van der Waals surface area contributed by atoms with E-state index < -0.39 is 0 Å². The van der Waals surface area contributed by atoms with Crippen molar-refractivity contribution in [3.05, 3.63) is 35.4 Å². The Kier molecular flexibility index (Phi) is 6.07. The smallest absolute Gasteiger partial charge is 0.104 e. The molecule has 1 saturated carbocycles. The minimum atomic E-state index is -0.0988. The highest BCUT2D eigenvalue weighted by Gasteiger charge is 2.24. The van der Waals surface area contributed by atoms with Gasteiger partial charge in [-0.3, -0.25) is 4.90 Å². The third-order valence-electron chi connectivity index (χ3n) is 3.85. The van der Waals surface area contributed by atoms with E-state index in [1.807, 2.05) is 12.1 Å². The van der Waals surface area contributed by atoms with Crippen LogP contribution in [-0.2, 0) is 6.54 Å². The highest BCUT2D eigenvalue weighted by atomic mass is 16.3. The maximum atomic E-state index is 9.01. The molecule has 0 unspecified atom stereocenters. The molecule has 0 aromatic heterocycles. The van der Waals surface area contributed by atoms with Crippen LogP contribution in [-0.4, -0.2) is 40.9 Å². The molecular weight excluding hydrogens is 250 g/mol. The highest BCUT2D eigenvalue weighted by Crippen LogP contribution is 2.26. The zero-order valence-corrected chi connectivity index (χ0v) is 11.9. The van der Waals surface area contributed by atoms with Crippen LogP contribution in [0.1, 0.15) is 36.8 Å². The number of aliphatic hydroxyl groups excluding tert-OH is 2. The molecule has 0 atom stereocenters. The standard InChI is InChI=1S/C17H23NO2/c19-12-2-4-15-7-9-16(10-8-15)14-18(11-3-13-20)17-5-1-6-17/h7-10,17,19-20H,1,3,5-6,11-14H2. The van der Waals surface area contributed by atoms with Crippen molar-refractivity contribution in [3.8, 4) is 11.8 Å². The Labute approximate surface area is 121 Å². The minimum absolute atomic E-state index is 0.0988. The molecule has 1 aromatic carbocycles. The second-order valence-corrected chi connectivity index (χ2v) is 5.29. The quantitative estimate of drug-likeness (QED) is 0.776. The second-order valence-electron chi connectivity index (χ2n) is 5.29. The fraction of sp³-hybridized carbons (Fsp3) is 0.529. The lowest BCUT2D eigenvalue weighted by Crippen LogP contribution is -2.40.